The zero-order valence-electron chi connectivity index (χ0n) is 14.8. The molecule has 2 aromatic carbocycles. The summed E-state index contributed by atoms with van der Waals surface area (Å²) < 4.78 is 26.5. The van der Waals surface area contributed by atoms with Crippen molar-refractivity contribution in [1.82, 2.24) is 0 Å². The van der Waals surface area contributed by atoms with Crippen molar-refractivity contribution >= 4 is 9.84 Å². The highest BCUT2D eigenvalue weighted by Gasteiger charge is 2.49. The van der Waals surface area contributed by atoms with E-state index in [0.717, 1.165) is 24.8 Å². The number of hydrogen-bond donors (Lipinski definition) is 0. The van der Waals surface area contributed by atoms with E-state index in [1.54, 1.807) is 12.1 Å². The highest BCUT2D eigenvalue weighted by Crippen LogP contribution is 2.49. The topological polar surface area (TPSA) is 34.1 Å². The Morgan fingerprint density at radius 1 is 0.808 bits per heavy atom. The van der Waals surface area contributed by atoms with Crippen LogP contribution in [0.5, 0.6) is 0 Å². The fraction of sp³-hybridized carbons (Fsp3) is 0.391. The predicted molar refractivity (Wildman–Crippen MR) is 104 cm³/mol. The molecule has 0 N–H and O–H groups in total. The predicted octanol–water partition coefficient (Wildman–Crippen LogP) is 4.71. The van der Waals surface area contributed by atoms with Crippen molar-refractivity contribution in [3.05, 3.63) is 66.2 Å². The van der Waals surface area contributed by atoms with E-state index in [-0.39, 0.29) is 17.1 Å². The monoisotopic (exact) mass is 364 g/mol. The molecule has 134 valence electrons. The Hall–Kier alpha value is -2.05. The molecule has 2 fully saturated rings. The molecular formula is C23H24O2S. The van der Waals surface area contributed by atoms with E-state index in [1.807, 2.05) is 48.5 Å². The maximum atomic E-state index is 13.3. The van der Waals surface area contributed by atoms with Crippen LogP contribution in [0.1, 0.15) is 37.7 Å². The maximum absolute atomic E-state index is 13.3. The first kappa shape index (κ1) is 17.4. The van der Waals surface area contributed by atoms with Gasteiger partial charge in [-0.1, -0.05) is 61.1 Å². The lowest BCUT2D eigenvalue weighted by Gasteiger charge is -2.30. The van der Waals surface area contributed by atoms with E-state index in [0.29, 0.717) is 17.2 Å². The van der Waals surface area contributed by atoms with Gasteiger partial charge in [-0.25, -0.2) is 8.42 Å². The smallest absolute Gasteiger partial charge is 0.181 e. The Morgan fingerprint density at radius 2 is 1.42 bits per heavy atom. The fourth-order valence-electron chi connectivity index (χ4n) is 4.75. The molecule has 2 nitrogen and oxygen atoms in total. The molecule has 0 spiro atoms. The Morgan fingerprint density at radius 3 is 2.12 bits per heavy atom. The third kappa shape index (κ3) is 3.31. The Balaban J connectivity index is 1.64. The summed E-state index contributed by atoms with van der Waals surface area (Å²) in [6, 6.07) is 18.9. The highest BCUT2D eigenvalue weighted by atomic mass is 32.2. The highest BCUT2D eigenvalue weighted by molar-refractivity contribution is 7.92. The summed E-state index contributed by atoms with van der Waals surface area (Å²) in [6.07, 6.45) is 5.14. The van der Waals surface area contributed by atoms with Gasteiger partial charge in [0.25, 0.3) is 0 Å². The standard InChI is InChI=1S/C23H24O2S/c24-26(25,20-11-5-2-6-12-20)23-17-19(21-13-7-8-14-22(21)23)16-15-18-9-3-1-4-10-18/h1-6,9-12,19,21-23H,7-8,13-14,17H2/t19-,21?,22+,23+/m0/s1. The van der Waals surface area contributed by atoms with E-state index in [9.17, 15) is 8.42 Å². The Labute approximate surface area is 156 Å². The lowest BCUT2D eigenvalue weighted by atomic mass is 9.78. The van der Waals surface area contributed by atoms with Gasteiger partial charge in [0.2, 0.25) is 0 Å². The maximum Gasteiger partial charge on any atom is 0.181 e. The molecule has 2 aromatic rings. The first-order valence-corrected chi connectivity index (χ1v) is 11.1. The summed E-state index contributed by atoms with van der Waals surface area (Å²) in [4.78, 5) is 0.464. The third-order valence-electron chi connectivity index (χ3n) is 6.00. The molecule has 0 saturated heterocycles. The van der Waals surface area contributed by atoms with Crippen molar-refractivity contribution in [2.45, 2.75) is 42.2 Å². The van der Waals surface area contributed by atoms with Gasteiger partial charge in [0.05, 0.1) is 10.1 Å². The summed E-state index contributed by atoms with van der Waals surface area (Å²) in [5.41, 5.74) is 1.01. The molecule has 0 aliphatic heterocycles. The molecular weight excluding hydrogens is 340 g/mol. The summed E-state index contributed by atoms with van der Waals surface area (Å²) >= 11 is 0. The molecule has 4 atom stereocenters. The van der Waals surface area contributed by atoms with E-state index in [2.05, 4.69) is 11.8 Å². The van der Waals surface area contributed by atoms with Crippen LogP contribution >= 0.6 is 0 Å². The van der Waals surface area contributed by atoms with E-state index < -0.39 is 9.84 Å². The van der Waals surface area contributed by atoms with Gasteiger partial charge < -0.3 is 0 Å². The molecule has 2 saturated carbocycles. The molecule has 0 bridgehead atoms. The summed E-state index contributed by atoms with van der Waals surface area (Å²) in [5, 5.41) is -0.287. The minimum absolute atomic E-state index is 0.184. The average molecular weight is 365 g/mol. The zero-order chi connectivity index (χ0) is 18.0. The van der Waals surface area contributed by atoms with Gasteiger partial charge in [-0.2, -0.15) is 0 Å². The number of benzene rings is 2. The van der Waals surface area contributed by atoms with Crippen LogP contribution in [0.3, 0.4) is 0 Å². The third-order valence-corrected chi connectivity index (χ3v) is 8.27. The molecule has 2 aliphatic carbocycles. The van der Waals surface area contributed by atoms with Gasteiger partial charge in [-0.3, -0.25) is 0 Å². The van der Waals surface area contributed by atoms with Crippen LogP contribution in [0, 0.1) is 29.6 Å². The van der Waals surface area contributed by atoms with Crippen LogP contribution in [0.4, 0.5) is 0 Å². The first-order valence-electron chi connectivity index (χ1n) is 9.52. The number of fused-ring (bicyclic) bond motifs is 1. The van der Waals surface area contributed by atoms with Crippen LogP contribution < -0.4 is 0 Å². The second-order valence-corrected chi connectivity index (χ2v) is 9.65. The van der Waals surface area contributed by atoms with Gasteiger partial charge in [-0.15, -0.1) is 0 Å². The first-order chi connectivity index (χ1) is 12.7. The molecule has 1 unspecified atom stereocenters. The number of rotatable bonds is 2. The van der Waals surface area contributed by atoms with Crippen molar-refractivity contribution in [2.75, 3.05) is 0 Å². The number of sulfone groups is 1. The molecule has 0 aromatic heterocycles. The molecule has 4 rings (SSSR count). The van der Waals surface area contributed by atoms with E-state index in [4.69, 9.17) is 0 Å². The minimum atomic E-state index is -3.29. The summed E-state index contributed by atoms with van der Waals surface area (Å²) in [5.74, 6) is 7.58. The second-order valence-electron chi connectivity index (χ2n) is 7.49. The normalized spacial score (nSPS) is 28.0. The van der Waals surface area contributed by atoms with E-state index >= 15 is 0 Å². The lowest BCUT2D eigenvalue weighted by molar-refractivity contribution is 0.254. The average Bonchev–Trinajstić information content (AvgIpc) is 3.07. The van der Waals surface area contributed by atoms with Crippen molar-refractivity contribution in [3.63, 3.8) is 0 Å². The molecule has 2 aliphatic rings. The van der Waals surface area contributed by atoms with E-state index in [1.165, 1.54) is 6.42 Å². The van der Waals surface area contributed by atoms with Crippen molar-refractivity contribution in [3.8, 4) is 11.8 Å². The Bertz CT molecular complexity index is 907. The molecule has 0 heterocycles. The minimum Gasteiger partial charge on any atom is -0.223 e. The van der Waals surface area contributed by atoms with Crippen LogP contribution in [0.2, 0.25) is 0 Å². The van der Waals surface area contributed by atoms with Gasteiger partial charge in [-0.05, 0) is 55.4 Å². The number of hydrogen-bond acceptors (Lipinski definition) is 2. The zero-order valence-corrected chi connectivity index (χ0v) is 15.7. The second kappa shape index (κ2) is 7.29. The van der Waals surface area contributed by atoms with Crippen LogP contribution in [0.25, 0.3) is 0 Å². The molecule has 26 heavy (non-hydrogen) atoms. The van der Waals surface area contributed by atoms with Crippen LogP contribution in [0.15, 0.2) is 65.6 Å². The summed E-state index contributed by atoms with van der Waals surface area (Å²) in [6.45, 7) is 0. The summed E-state index contributed by atoms with van der Waals surface area (Å²) in [7, 11) is -3.29. The lowest BCUT2D eigenvalue weighted by Crippen LogP contribution is -2.30. The molecule has 3 heteroatoms. The van der Waals surface area contributed by atoms with Gasteiger partial charge in [0, 0.05) is 11.5 Å². The fourth-order valence-corrected chi connectivity index (χ4v) is 6.90. The van der Waals surface area contributed by atoms with Crippen molar-refractivity contribution in [2.24, 2.45) is 17.8 Å². The van der Waals surface area contributed by atoms with Crippen molar-refractivity contribution < 1.29 is 8.42 Å². The molecule has 0 radical (unpaired) electrons. The SMILES string of the molecule is O=S(=O)(c1ccccc1)[C@@H]1C[C@H](C#Cc2ccccc2)C2CCCC[C@H]21. The largest absolute Gasteiger partial charge is 0.223 e. The Kier molecular flexibility index (Phi) is 4.87. The molecule has 0 amide bonds. The van der Waals surface area contributed by atoms with Crippen molar-refractivity contribution in [1.29, 1.82) is 0 Å². The van der Waals surface area contributed by atoms with Crippen LogP contribution in [-0.2, 0) is 9.84 Å². The van der Waals surface area contributed by atoms with Gasteiger partial charge in [0.1, 0.15) is 0 Å². The van der Waals surface area contributed by atoms with Gasteiger partial charge in [0.15, 0.2) is 9.84 Å². The quantitative estimate of drug-likeness (QED) is 0.724. The van der Waals surface area contributed by atoms with Crippen LogP contribution in [-0.4, -0.2) is 13.7 Å². The van der Waals surface area contributed by atoms with Gasteiger partial charge >= 0.3 is 0 Å².